The maximum Gasteiger partial charge on any atom is 0.373 e. The van der Waals surface area contributed by atoms with Crippen molar-refractivity contribution in [1.82, 2.24) is 0 Å². The minimum atomic E-state index is -4.47. The number of benzene rings is 2. The molecule has 0 unspecified atom stereocenters. The minimum absolute atomic E-state index is 0.117. The van der Waals surface area contributed by atoms with Crippen LogP contribution in [0, 0.1) is 0 Å². The maximum atomic E-state index is 10.8. The molecule has 2 aromatic carbocycles. The lowest BCUT2D eigenvalue weighted by molar-refractivity contribution is 0.478. The SMILES string of the molecule is NN(c1ccc(/N=N/c2ccccc2)cc1)S(=O)(=O)O. The molecule has 0 bridgehead atoms. The van der Waals surface area contributed by atoms with Crippen molar-refractivity contribution < 1.29 is 13.0 Å². The zero-order valence-corrected chi connectivity index (χ0v) is 11.1. The van der Waals surface area contributed by atoms with E-state index < -0.39 is 10.3 Å². The summed E-state index contributed by atoms with van der Waals surface area (Å²) in [6.45, 7) is 0. The Kier molecular flexibility index (Phi) is 4.08. The van der Waals surface area contributed by atoms with Crippen LogP contribution < -0.4 is 10.3 Å². The first-order chi connectivity index (χ1) is 9.47. The highest BCUT2D eigenvalue weighted by atomic mass is 32.2. The second kappa shape index (κ2) is 5.78. The van der Waals surface area contributed by atoms with Crippen molar-refractivity contribution in [2.45, 2.75) is 0 Å². The van der Waals surface area contributed by atoms with Crippen LogP contribution in [0.4, 0.5) is 17.1 Å². The summed E-state index contributed by atoms with van der Waals surface area (Å²) >= 11 is 0. The van der Waals surface area contributed by atoms with Gasteiger partial charge in [-0.1, -0.05) is 18.2 Å². The molecule has 7 nitrogen and oxygen atoms in total. The molecule has 3 N–H and O–H groups in total. The Morgan fingerprint density at radius 3 is 1.90 bits per heavy atom. The van der Waals surface area contributed by atoms with Crippen molar-refractivity contribution in [2.24, 2.45) is 16.1 Å². The van der Waals surface area contributed by atoms with Crippen LogP contribution in [0.25, 0.3) is 0 Å². The smallest absolute Gasteiger partial charge is 0.268 e. The predicted octanol–water partition coefficient (Wildman–Crippen LogP) is 2.58. The largest absolute Gasteiger partial charge is 0.373 e. The molecule has 0 aromatic heterocycles. The molecule has 104 valence electrons. The van der Waals surface area contributed by atoms with Crippen LogP contribution in [0.2, 0.25) is 0 Å². The average molecular weight is 292 g/mol. The number of anilines is 1. The first kappa shape index (κ1) is 14.1. The van der Waals surface area contributed by atoms with Gasteiger partial charge in [-0.25, -0.2) is 5.84 Å². The van der Waals surface area contributed by atoms with Gasteiger partial charge in [0.2, 0.25) is 0 Å². The molecule has 0 aliphatic rings. The van der Waals surface area contributed by atoms with Gasteiger partial charge in [0.05, 0.1) is 17.1 Å². The Morgan fingerprint density at radius 1 is 0.900 bits per heavy atom. The molecular formula is C12H12N4O3S. The monoisotopic (exact) mass is 292 g/mol. The third-order valence-corrected chi connectivity index (χ3v) is 3.10. The second-order valence-corrected chi connectivity index (χ2v) is 5.11. The molecule has 0 aliphatic carbocycles. The summed E-state index contributed by atoms with van der Waals surface area (Å²) in [6.07, 6.45) is 0. The van der Waals surface area contributed by atoms with E-state index in [2.05, 4.69) is 10.2 Å². The van der Waals surface area contributed by atoms with Crippen LogP contribution in [0.1, 0.15) is 0 Å². The summed E-state index contributed by atoms with van der Waals surface area (Å²) in [7, 11) is -4.47. The van der Waals surface area contributed by atoms with Crippen molar-refractivity contribution in [3.8, 4) is 0 Å². The van der Waals surface area contributed by atoms with E-state index in [1.165, 1.54) is 24.3 Å². The van der Waals surface area contributed by atoms with E-state index in [4.69, 9.17) is 10.4 Å². The molecule has 0 heterocycles. The zero-order chi connectivity index (χ0) is 14.6. The normalized spacial score (nSPS) is 11.7. The Hall–Kier alpha value is -2.29. The van der Waals surface area contributed by atoms with E-state index >= 15 is 0 Å². The molecule has 0 atom stereocenters. The first-order valence-corrected chi connectivity index (χ1v) is 6.96. The fraction of sp³-hybridized carbons (Fsp3) is 0. The van der Waals surface area contributed by atoms with Gasteiger partial charge in [-0.05, 0) is 36.4 Å². The average Bonchev–Trinajstić information content (AvgIpc) is 2.45. The molecule has 0 saturated carbocycles. The van der Waals surface area contributed by atoms with Crippen LogP contribution in [0.3, 0.4) is 0 Å². The third kappa shape index (κ3) is 3.60. The van der Waals surface area contributed by atoms with Gasteiger partial charge in [0, 0.05) is 0 Å². The van der Waals surface area contributed by atoms with Gasteiger partial charge < -0.3 is 0 Å². The zero-order valence-electron chi connectivity index (χ0n) is 10.3. The highest BCUT2D eigenvalue weighted by molar-refractivity contribution is 7.87. The summed E-state index contributed by atoms with van der Waals surface area (Å²) < 4.78 is 30.7. The van der Waals surface area contributed by atoms with Gasteiger partial charge in [-0.3, -0.25) is 4.55 Å². The van der Waals surface area contributed by atoms with Crippen LogP contribution >= 0.6 is 0 Å². The van der Waals surface area contributed by atoms with Gasteiger partial charge in [0.1, 0.15) is 0 Å². The lowest BCUT2D eigenvalue weighted by Crippen LogP contribution is -2.36. The van der Waals surface area contributed by atoms with Crippen molar-refractivity contribution in [2.75, 3.05) is 4.41 Å². The molecule has 0 saturated heterocycles. The topological polar surface area (TPSA) is 108 Å². The summed E-state index contributed by atoms with van der Waals surface area (Å²) in [6, 6.07) is 15.1. The highest BCUT2D eigenvalue weighted by Crippen LogP contribution is 2.21. The number of hydrogen-bond acceptors (Lipinski definition) is 5. The number of nitrogens with two attached hydrogens (primary N) is 1. The molecule has 0 radical (unpaired) electrons. The van der Waals surface area contributed by atoms with Crippen molar-refractivity contribution in [3.05, 3.63) is 54.6 Å². The van der Waals surface area contributed by atoms with Gasteiger partial charge in [-0.15, -0.1) is 0 Å². The molecule has 8 heteroatoms. The van der Waals surface area contributed by atoms with Crippen molar-refractivity contribution >= 4 is 27.4 Å². The fourth-order valence-corrected chi connectivity index (χ4v) is 1.80. The third-order valence-electron chi connectivity index (χ3n) is 2.39. The predicted molar refractivity (Wildman–Crippen MR) is 75.3 cm³/mol. The number of azo groups is 1. The molecule has 0 spiro atoms. The van der Waals surface area contributed by atoms with E-state index in [9.17, 15) is 8.42 Å². The summed E-state index contributed by atoms with van der Waals surface area (Å²) in [5, 5.41) is 8.01. The molecule has 0 aliphatic heterocycles. The lowest BCUT2D eigenvalue weighted by atomic mass is 10.3. The molecule has 0 amide bonds. The van der Waals surface area contributed by atoms with E-state index in [0.717, 1.165) is 0 Å². The van der Waals surface area contributed by atoms with Gasteiger partial charge in [-0.2, -0.15) is 23.1 Å². The Morgan fingerprint density at radius 2 is 1.40 bits per heavy atom. The Bertz CT molecular complexity index is 699. The van der Waals surface area contributed by atoms with Crippen LogP contribution in [0.15, 0.2) is 64.8 Å². The van der Waals surface area contributed by atoms with E-state index in [-0.39, 0.29) is 10.1 Å². The molecule has 20 heavy (non-hydrogen) atoms. The van der Waals surface area contributed by atoms with Crippen molar-refractivity contribution in [3.63, 3.8) is 0 Å². The quantitative estimate of drug-likeness (QED) is 0.390. The standard InChI is InChI=1S/C12H12N4O3S/c13-16(20(17,18)19)12-8-6-11(7-9-12)15-14-10-4-2-1-3-5-10/h1-9H,13H2,(H,17,18,19)/b15-14+. The summed E-state index contributed by atoms with van der Waals surface area (Å²) in [4.78, 5) is 0. The Balaban J connectivity index is 2.15. The van der Waals surface area contributed by atoms with Gasteiger partial charge in [0.15, 0.2) is 0 Å². The highest BCUT2D eigenvalue weighted by Gasteiger charge is 2.14. The van der Waals surface area contributed by atoms with E-state index in [0.29, 0.717) is 11.4 Å². The van der Waals surface area contributed by atoms with Gasteiger partial charge in [0.25, 0.3) is 0 Å². The minimum Gasteiger partial charge on any atom is -0.268 e. The molecule has 0 fully saturated rings. The summed E-state index contributed by atoms with van der Waals surface area (Å²) in [5.74, 6) is 5.23. The molecular weight excluding hydrogens is 280 g/mol. The van der Waals surface area contributed by atoms with Gasteiger partial charge >= 0.3 is 10.3 Å². The maximum absolute atomic E-state index is 10.8. The van der Waals surface area contributed by atoms with Crippen molar-refractivity contribution in [1.29, 1.82) is 0 Å². The van der Waals surface area contributed by atoms with Crippen LogP contribution in [-0.4, -0.2) is 13.0 Å². The van der Waals surface area contributed by atoms with E-state index in [1.807, 2.05) is 18.2 Å². The fourth-order valence-electron chi connectivity index (χ4n) is 1.41. The Labute approximate surface area is 116 Å². The number of nitrogens with zero attached hydrogens (tertiary/aromatic N) is 3. The molecule has 2 rings (SSSR count). The summed E-state index contributed by atoms with van der Waals surface area (Å²) in [5.41, 5.74) is 1.35. The van der Waals surface area contributed by atoms with Crippen LogP contribution in [-0.2, 0) is 10.3 Å². The number of rotatable bonds is 4. The second-order valence-electron chi connectivity index (χ2n) is 3.83. The number of hydrazine groups is 1. The molecule has 2 aromatic rings. The lowest BCUT2D eigenvalue weighted by Gasteiger charge is -2.13. The van der Waals surface area contributed by atoms with E-state index in [1.54, 1.807) is 12.1 Å². The van der Waals surface area contributed by atoms with Crippen LogP contribution in [0.5, 0.6) is 0 Å². The number of hydrogen-bond donors (Lipinski definition) is 2. The first-order valence-electron chi connectivity index (χ1n) is 5.56.